The van der Waals surface area contributed by atoms with Crippen LogP contribution in [0.3, 0.4) is 0 Å². The van der Waals surface area contributed by atoms with Gasteiger partial charge in [-0.25, -0.2) is 0 Å². The zero-order chi connectivity index (χ0) is 8.81. The minimum Gasteiger partial charge on any atom is -0.260 e. The summed E-state index contributed by atoms with van der Waals surface area (Å²) in [6.45, 7) is 1.96. The molecule has 12 heavy (non-hydrogen) atoms. The number of benzene rings is 1. The van der Waals surface area contributed by atoms with Crippen molar-refractivity contribution in [2.75, 3.05) is 11.5 Å². The fraction of sp³-hybridized carbons (Fsp3) is 0.400. The zero-order valence-corrected chi connectivity index (χ0v) is 8.14. The Morgan fingerprint density at radius 2 is 1.92 bits per heavy atom. The molecule has 1 nitrogen and oxygen atoms in total. The summed E-state index contributed by atoms with van der Waals surface area (Å²) in [4.78, 5) is 0. The smallest absolute Gasteiger partial charge is 0.0275 e. The Labute approximate surface area is 76.3 Å². The molecule has 0 bridgehead atoms. The Morgan fingerprint density at radius 1 is 1.25 bits per heavy atom. The van der Waals surface area contributed by atoms with Gasteiger partial charge in [0.2, 0.25) is 0 Å². The second kappa shape index (κ2) is 5.09. The van der Waals surface area contributed by atoms with Crippen molar-refractivity contribution in [3.05, 3.63) is 35.9 Å². The molecule has 1 aromatic rings. The summed E-state index contributed by atoms with van der Waals surface area (Å²) < 4.78 is 11.1. The van der Waals surface area contributed by atoms with E-state index in [1.54, 1.807) is 0 Å². The maximum Gasteiger partial charge on any atom is 0.0275 e. The molecule has 0 spiro atoms. The second-order valence-corrected chi connectivity index (χ2v) is 4.53. The van der Waals surface area contributed by atoms with Crippen LogP contribution in [0.1, 0.15) is 12.5 Å². The molecular weight excluding hydrogens is 168 g/mol. The Morgan fingerprint density at radius 3 is 2.50 bits per heavy atom. The maximum atomic E-state index is 11.1. The molecule has 0 aliphatic rings. The van der Waals surface area contributed by atoms with E-state index in [4.69, 9.17) is 0 Å². The lowest BCUT2D eigenvalue weighted by Crippen LogP contribution is -2.02. The first-order valence-corrected chi connectivity index (χ1v) is 5.70. The molecule has 0 unspecified atom stereocenters. The van der Waals surface area contributed by atoms with Gasteiger partial charge in [0, 0.05) is 22.3 Å². The van der Waals surface area contributed by atoms with Gasteiger partial charge >= 0.3 is 0 Å². The predicted octanol–water partition coefficient (Wildman–Crippen LogP) is 2.00. The molecule has 1 rings (SSSR count). The van der Waals surface area contributed by atoms with Crippen molar-refractivity contribution < 1.29 is 4.21 Å². The Balaban J connectivity index is 2.38. The average Bonchev–Trinajstić information content (AvgIpc) is 2.16. The van der Waals surface area contributed by atoms with Gasteiger partial charge in [0.15, 0.2) is 0 Å². The molecule has 0 heterocycles. The minimum absolute atomic E-state index is 0.627. The van der Waals surface area contributed by atoms with Gasteiger partial charge in [-0.3, -0.25) is 4.21 Å². The summed E-state index contributed by atoms with van der Waals surface area (Å²) in [5, 5.41) is 0. The summed E-state index contributed by atoms with van der Waals surface area (Å²) in [6, 6.07) is 10.2. The van der Waals surface area contributed by atoms with E-state index >= 15 is 0 Å². The SMILES string of the molecule is CC[S@](=O)CCc1ccccc1. The second-order valence-electron chi connectivity index (χ2n) is 2.67. The molecule has 0 radical (unpaired) electrons. The van der Waals surface area contributed by atoms with Crippen LogP contribution in [0.4, 0.5) is 0 Å². The van der Waals surface area contributed by atoms with E-state index in [-0.39, 0.29) is 0 Å². The van der Waals surface area contributed by atoms with Crippen molar-refractivity contribution >= 4 is 10.8 Å². The van der Waals surface area contributed by atoms with Crippen molar-refractivity contribution in [3.8, 4) is 0 Å². The lowest BCUT2D eigenvalue weighted by Gasteiger charge is -1.98. The van der Waals surface area contributed by atoms with Gasteiger partial charge in [-0.2, -0.15) is 0 Å². The third-order valence-electron chi connectivity index (χ3n) is 1.78. The highest BCUT2D eigenvalue weighted by molar-refractivity contribution is 7.84. The molecule has 0 N–H and O–H groups in total. The molecule has 0 saturated heterocycles. The van der Waals surface area contributed by atoms with Gasteiger partial charge in [-0.05, 0) is 12.0 Å². The minimum atomic E-state index is -0.627. The monoisotopic (exact) mass is 182 g/mol. The van der Waals surface area contributed by atoms with Crippen LogP contribution in [0.2, 0.25) is 0 Å². The van der Waals surface area contributed by atoms with Gasteiger partial charge < -0.3 is 0 Å². The molecule has 0 amide bonds. The van der Waals surface area contributed by atoms with Crippen molar-refractivity contribution in [1.29, 1.82) is 0 Å². The van der Waals surface area contributed by atoms with Crippen LogP contribution in [0.5, 0.6) is 0 Å². The highest BCUT2D eigenvalue weighted by Gasteiger charge is 1.96. The van der Waals surface area contributed by atoms with Crippen LogP contribution in [0.25, 0.3) is 0 Å². The Kier molecular flexibility index (Phi) is 4.01. The summed E-state index contributed by atoms with van der Waals surface area (Å²) >= 11 is 0. The van der Waals surface area contributed by atoms with Gasteiger partial charge in [0.25, 0.3) is 0 Å². The van der Waals surface area contributed by atoms with E-state index in [1.165, 1.54) is 5.56 Å². The third-order valence-corrected chi connectivity index (χ3v) is 3.09. The number of hydrogen-bond acceptors (Lipinski definition) is 1. The molecular formula is C10H14OS. The van der Waals surface area contributed by atoms with Crippen LogP contribution in [-0.2, 0) is 17.2 Å². The van der Waals surface area contributed by atoms with Crippen LogP contribution in [0, 0.1) is 0 Å². The predicted molar refractivity (Wildman–Crippen MR) is 53.7 cm³/mol. The first kappa shape index (κ1) is 9.46. The summed E-state index contributed by atoms with van der Waals surface area (Å²) in [5.74, 6) is 1.56. The van der Waals surface area contributed by atoms with Crippen LogP contribution in [-0.4, -0.2) is 15.7 Å². The molecule has 1 aromatic carbocycles. The fourth-order valence-corrected chi connectivity index (χ4v) is 1.77. The summed E-state index contributed by atoms with van der Waals surface area (Å²) in [6.07, 6.45) is 0.932. The first-order chi connectivity index (χ1) is 5.83. The fourth-order valence-electron chi connectivity index (χ4n) is 1.02. The summed E-state index contributed by atoms with van der Waals surface area (Å²) in [5.41, 5.74) is 1.28. The maximum absolute atomic E-state index is 11.1. The molecule has 0 saturated carbocycles. The van der Waals surface area contributed by atoms with Gasteiger partial charge in [0.1, 0.15) is 0 Å². The summed E-state index contributed by atoms with van der Waals surface area (Å²) in [7, 11) is -0.627. The van der Waals surface area contributed by atoms with Crippen molar-refractivity contribution in [2.24, 2.45) is 0 Å². The van der Waals surface area contributed by atoms with E-state index in [1.807, 2.05) is 25.1 Å². The lowest BCUT2D eigenvalue weighted by atomic mass is 10.2. The van der Waals surface area contributed by atoms with Gasteiger partial charge in [-0.15, -0.1) is 0 Å². The number of aryl methyl sites for hydroxylation is 1. The van der Waals surface area contributed by atoms with Crippen LogP contribution < -0.4 is 0 Å². The van der Waals surface area contributed by atoms with Crippen molar-refractivity contribution in [3.63, 3.8) is 0 Å². The zero-order valence-electron chi connectivity index (χ0n) is 7.32. The largest absolute Gasteiger partial charge is 0.260 e. The number of hydrogen-bond donors (Lipinski definition) is 0. The van der Waals surface area contributed by atoms with Crippen molar-refractivity contribution in [2.45, 2.75) is 13.3 Å². The molecule has 0 fully saturated rings. The normalized spacial score (nSPS) is 12.8. The van der Waals surface area contributed by atoms with Gasteiger partial charge in [0.05, 0.1) is 0 Å². The molecule has 0 aliphatic carbocycles. The molecule has 2 heteroatoms. The van der Waals surface area contributed by atoms with E-state index in [0.29, 0.717) is 0 Å². The molecule has 1 atom stereocenters. The van der Waals surface area contributed by atoms with E-state index in [9.17, 15) is 4.21 Å². The van der Waals surface area contributed by atoms with E-state index < -0.39 is 10.8 Å². The third kappa shape index (κ3) is 3.18. The Hall–Kier alpha value is -0.630. The highest BCUT2D eigenvalue weighted by Crippen LogP contribution is 2.00. The van der Waals surface area contributed by atoms with Gasteiger partial charge in [-0.1, -0.05) is 37.3 Å². The topological polar surface area (TPSA) is 17.1 Å². The van der Waals surface area contributed by atoms with Crippen molar-refractivity contribution in [1.82, 2.24) is 0 Å². The van der Waals surface area contributed by atoms with E-state index in [2.05, 4.69) is 12.1 Å². The quantitative estimate of drug-likeness (QED) is 0.696. The van der Waals surface area contributed by atoms with Crippen LogP contribution >= 0.6 is 0 Å². The molecule has 66 valence electrons. The standard InChI is InChI=1S/C10H14OS/c1-2-12(11)9-8-10-6-4-3-5-7-10/h3-7H,2,8-9H2,1H3/t12-/m0/s1. The highest BCUT2D eigenvalue weighted by atomic mass is 32.2. The number of rotatable bonds is 4. The lowest BCUT2D eigenvalue weighted by molar-refractivity contribution is 0.683. The molecule has 0 aromatic heterocycles. The first-order valence-electron chi connectivity index (χ1n) is 4.22. The van der Waals surface area contributed by atoms with E-state index in [0.717, 1.165) is 17.9 Å². The van der Waals surface area contributed by atoms with Crippen LogP contribution in [0.15, 0.2) is 30.3 Å². The Bertz CT molecular complexity index is 243. The average molecular weight is 182 g/mol. The molecule has 0 aliphatic heterocycles.